The molecule has 1 aliphatic rings. The third kappa shape index (κ3) is 2.92. The second-order valence-electron chi connectivity index (χ2n) is 4.76. The molecule has 0 radical (unpaired) electrons. The van der Waals surface area contributed by atoms with Gasteiger partial charge in [-0.3, -0.25) is 9.69 Å². The van der Waals surface area contributed by atoms with Gasteiger partial charge in [0.15, 0.2) is 0 Å². The van der Waals surface area contributed by atoms with E-state index in [0.717, 1.165) is 19.5 Å². The zero-order valence-electron chi connectivity index (χ0n) is 10.2. The molecule has 0 spiro atoms. The Labute approximate surface area is 92.4 Å². The number of likely N-dealkylation sites (tertiary alicyclic amines) is 1. The third-order valence-electron chi connectivity index (χ3n) is 3.28. The number of nitrogens with two attached hydrogens (primary N) is 1. The molecule has 15 heavy (non-hydrogen) atoms. The Hall–Kier alpha value is -0.610. The standard InChI is InChI=1S/C11H23N3O/c1-8(2)13(4)11(15)9(3)14-6-5-10(12)7-14/h8-10H,5-7,12H2,1-4H3. The molecule has 1 aliphatic heterocycles. The van der Waals surface area contributed by atoms with E-state index in [1.54, 1.807) is 4.90 Å². The van der Waals surface area contributed by atoms with Crippen LogP contribution in [0.5, 0.6) is 0 Å². The minimum atomic E-state index is -0.0362. The highest BCUT2D eigenvalue weighted by Crippen LogP contribution is 2.13. The Morgan fingerprint density at radius 1 is 1.47 bits per heavy atom. The molecular formula is C11H23N3O. The number of nitrogens with zero attached hydrogens (tertiary/aromatic N) is 2. The Balaban J connectivity index is 2.53. The zero-order valence-corrected chi connectivity index (χ0v) is 10.2. The Morgan fingerprint density at radius 2 is 2.07 bits per heavy atom. The molecule has 2 atom stereocenters. The van der Waals surface area contributed by atoms with Crippen LogP contribution in [0.15, 0.2) is 0 Å². The lowest BCUT2D eigenvalue weighted by atomic mass is 10.2. The van der Waals surface area contributed by atoms with Crippen molar-refractivity contribution in [1.29, 1.82) is 0 Å². The molecule has 0 saturated carbocycles. The van der Waals surface area contributed by atoms with E-state index in [1.807, 2.05) is 27.8 Å². The summed E-state index contributed by atoms with van der Waals surface area (Å²) in [6, 6.07) is 0.465. The molecule has 0 aliphatic carbocycles. The molecule has 0 aromatic carbocycles. The normalized spacial score (nSPS) is 24.5. The van der Waals surface area contributed by atoms with Gasteiger partial charge in [0.1, 0.15) is 0 Å². The van der Waals surface area contributed by atoms with E-state index in [0.29, 0.717) is 0 Å². The van der Waals surface area contributed by atoms with Crippen LogP contribution in [0.4, 0.5) is 0 Å². The van der Waals surface area contributed by atoms with Crippen LogP contribution in [0.2, 0.25) is 0 Å². The van der Waals surface area contributed by atoms with Crippen LogP contribution < -0.4 is 5.73 Å². The molecule has 1 amide bonds. The quantitative estimate of drug-likeness (QED) is 0.732. The van der Waals surface area contributed by atoms with E-state index in [9.17, 15) is 4.79 Å². The van der Waals surface area contributed by atoms with Crippen molar-refractivity contribution < 1.29 is 4.79 Å². The zero-order chi connectivity index (χ0) is 11.6. The number of rotatable bonds is 3. The molecule has 0 aromatic heterocycles. The largest absolute Gasteiger partial charge is 0.342 e. The van der Waals surface area contributed by atoms with Gasteiger partial charge in [-0.25, -0.2) is 0 Å². The molecule has 1 heterocycles. The van der Waals surface area contributed by atoms with E-state index >= 15 is 0 Å². The molecule has 4 heteroatoms. The van der Waals surface area contributed by atoms with E-state index in [-0.39, 0.29) is 24.0 Å². The van der Waals surface area contributed by atoms with Gasteiger partial charge in [0.05, 0.1) is 6.04 Å². The maximum atomic E-state index is 12.0. The first-order valence-electron chi connectivity index (χ1n) is 5.69. The van der Waals surface area contributed by atoms with E-state index in [1.165, 1.54) is 0 Å². The lowest BCUT2D eigenvalue weighted by Gasteiger charge is -2.30. The van der Waals surface area contributed by atoms with Crippen LogP contribution in [-0.4, -0.2) is 54.0 Å². The van der Waals surface area contributed by atoms with Crippen molar-refractivity contribution in [2.45, 2.75) is 45.3 Å². The highest BCUT2D eigenvalue weighted by molar-refractivity contribution is 5.81. The smallest absolute Gasteiger partial charge is 0.239 e. The first kappa shape index (κ1) is 12.5. The monoisotopic (exact) mass is 213 g/mol. The van der Waals surface area contributed by atoms with Crippen molar-refractivity contribution in [1.82, 2.24) is 9.80 Å². The second kappa shape index (κ2) is 4.94. The summed E-state index contributed by atoms with van der Waals surface area (Å²) >= 11 is 0. The first-order chi connectivity index (χ1) is 6.93. The van der Waals surface area contributed by atoms with Crippen molar-refractivity contribution in [3.8, 4) is 0 Å². The minimum Gasteiger partial charge on any atom is -0.342 e. The molecular weight excluding hydrogens is 190 g/mol. The van der Waals surface area contributed by atoms with E-state index in [4.69, 9.17) is 5.73 Å². The summed E-state index contributed by atoms with van der Waals surface area (Å²) in [6.45, 7) is 7.82. The van der Waals surface area contributed by atoms with Gasteiger partial charge in [-0.2, -0.15) is 0 Å². The van der Waals surface area contributed by atoms with Crippen molar-refractivity contribution in [3.05, 3.63) is 0 Å². The number of hydrogen-bond acceptors (Lipinski definition) is 3. The SMILES string of the molecule is CC(C(=O)N(C)C(C)C)N1CCC(N)C1. The second-order valence-corrected chi connectivity index (χ2v) is 4.76. The molecule has 0 bridgehead atoms. The highest BCUT2D eigenvalue weighted by atomic mass is 16.2. The molecule has 0 aromatic rings. The van der Waals surface area contributed by atoms with Crippen molar-refractivity contribution in [2.24, 2.45) is 5.73 Å². The summed E-state index contributed by atoms with van der Waals surface area (Å²) in [6.07, 6.45) is 1.00. The third-order valence-corrected chi connectivity index (χ3v) is 3.28. The van der Waals surface area contributed by atoms with Crippen molar-refractivity contribution >= 4 is 5.91 Å². The minimum absolute atomic E-state index is 0.0362. The maximum absolute atomic E-state index is 12.0. The van der Waals surface area contributed by atoms with Gasteiger partial charge >= 0.3 is 0 Å². The van der Waals surface area contributed by atoms with Gasteiger partial charge in [0, 0.05) is 32.2 Å². The van der Waals surface area contributed by atoms with Crippen LogP contribution in [0.25, 0.3) is 0 Å². The lowest BCUT2D eigenvalue weighted by Crippen LogP contribution is -2.47. The topological polar surface area (TPSA) is 49.6 Å². The molecule has 2 N–H and O–H groups in total. The van der Waals surface area contributed by atoms with Crippen molar-refractivity contribution in [2.75, 3.05) is 20.1 Å². The Kier molecular flexibility index (Phi) is 4.11. The van der Waals surface area contributed by atoms with Crippen molar-refractivity contribution in [3.63, 3.8) is 0 Å². The Bertz CT molecular complexity index is 230. The number of likely N-dealkylation sites (N-methyl/N-ethyl adjacent to an activating group) is 1. The average molecular weight is 213 g/mol. The molecule has 4 nitrogen and oxygen atoms in total. The summed E-state index contributed by atoms with van der Waals surface area (Å²) in [4.78, 5) is 16.0. The van der Waals surface area contributed by atoms with Crippen LogP contribution in [-0.2, 0) is 4.79 Å². The number of amides is 1. The van der Waals surface area contributed by atoms with E-state index in [2.05, 4.69) is 4.90 Å². The first-order valence-corrected chi connectivity index (χ1v) is 5.69. The number of hydrogen-bond donors (Lipinski definition) is 1. The molecule has 1 saturated heterocycles. The molecule has 1 rings (SSSR count). The Morgan fingerprint density at radius 3 is 2.47 bits per heavy atom. The van der Waals surface area contributed by atoms with Gasteiger partial charge in [-0.15, -0.1) is 0 Å². The number of carbonyl (C=O) groups excluding carboxylic acids is 1. The molecule has 2 unspecified atom stereocenters. The van der Waals surface area contributed by atoms with Gasteiger partial charge in [-0.05, 0) is 27.2 Å². The molecule has 88 valence electrons. The van der Waals surface area contributed by atoms with Gasteiger partial charge < -0.3 is 10.6 Å². The van der Waals surface area contributed by atoms with Gasteiger partial charge in [-0.1, -0.05) is 0 Å². The van der Waals surface area contributed by atoms with Gasteiger partial charge in [0.2, 0.25) is 5.91 Å². The lowest BCUT2D eigenvalue weighted by molar-refractivity contribution is -0.136. The summed E-state index contributed by atoms with van der Waals surface area (Å²) in [5.74, 6) is 0.194. The summed E-state index contributed by atoms with van der Waals surface area (Å²) in [7, 11) is 1.86. The fourth-order valence-electron chi connectivity index (χ4n) is 1.87. The van der Waals surface area contributed by atoms with Gasteiger partial charge in [0.25, 0.3) is 0 Å². The van der Waals surface area contributed by atoms with Crippen LogP contribution in [0, 0.1) is 0 Å². The predicted octanol–water partition coefficient (Wildman–Crippen LogP) is 0.275. The van der Waals surface area contributed by atoms with E-state index < -0.39 is 0 Å². The van der Waals surface area contributed by atoms with Crippen LogP contribution >= 0.6 is 0 Å². The predicted molar refractivity (Wildman–Crippen MR) is 61.5 cm³/mol. The summed E-state index contributed by atoms with van der Waals surface area (Å²) < 4.78 is 0. The average Bonchev–Trinajstić information content (AvgIpc) is 2.61. The number of carbonyl (C=O) groups is 1. The summed E-state index contributed by atoms with van der Waals surface area (Å²) in [5, 5.41) is 0. The van der Waals surface area contributed by atoms with Crippen LogP contribution in [0.1, 0.15) is 27.2 Å². The highest BCUT2D eigenvalue weighted by Gasteiger charge is 2.29. The fraction of sp³-hybridized carbons (Fsp3) is 0.909. The maximum Gasteiger partial charge on any atom is 0.239 e. The summed E-state index contributed by atoms with van der Waals surface area (Å²) in [5.41, 5.74) is 5.83. The fourth-order valence-corrected chi connectivity index (χ4v) is 1.87. The molecule has 1 fully saturated rings. The van der Waals surface area contributed by atoms with Crippen LogP contribution in [0.3, 0.4) is 0 Å².